The Morgan fingerprint density at radius 1 is 1.47 bits per heavy atom. The normalized spacial score (nSPS) is 14.4. The topological polar surface area (TPSA) is 61.4 Å². The predicted octanol–water partition coefficient (Wildman–Crippen LogP) is 2.13. The molecule has 1 heterocycles. The summed E-state index contributed by atoms with van der Waals surface area (Å²) in [5.41, 5.74) is 0.840. The van der Waals surface area contributed by atoms with Gasteiger partial charge in [-0.3, -0.25) is 0 Å². The molecule has 0 spiro atoms. The Kier molecular flexibility index (Phi) is 5.44. The van der Waals surface area contributed by atoms with Gasteiger partial charge in [0.25, 0.3) is 0 Å². The lowest BCUT2D eigenvalue weighted by Gasteiger charge is -2.18. The molecule has 1 aromatic heterocycles. The maximum atomic E-state index is 11.5. The van der Waals surface area contributed by atoms with Gasteiger partial charge in [-0.1, -0.05) is 13.8 Å². The van der Waals surface area contributed by atoms with Crippen LogP contribution in [0.3, 0.4) is 0 Å². The van der Waals surface area contributed by atoms with Gasteiger partial charge in [-0.05, 0) is 35.2 Å². The van der Waals surface area contributed by atoms with Gasteiger partial charge in [0.1, 0.15) is 0 Å². The van der Waals surface area contributed by atoms with Crippen molar-refractivity contribution >= 4 is 17.4 Å². The first kappa shape index (κ1) is 14.0. The highest BCUT2D eigenvalue weighted by Gasteiger charge is 2.12. The number of amides is 2. The Morgan fingerprint density at radius 3 is 2.71 bits per heavy atom. The number of carbonyl (C=O) groups excluding carboxylic acids is 1. The molecule has 4 nitrogen and oxygen atoms in total. The molecule has 0 bridgehead atoms. The number of thiophene rings is 1. The van der Waals surface area contributed by atoms with Crippen molar-refractivity contribution in [1.29, 1.82) is 0 Å². The minimum atomic E-state index is -0.638. The van der Waals surface area contributed by atoms with E-state index < -0.39 is 6.10 Å². The summed E-state index contributed by atoms with van der Waals surface area (Å²) in [7, 11) is 0. The summed E-state index contributed by atoms with van der Waals surface area (Å²) in [6, 6.07) is 1.74. The first-order chi connectivity index (χ1) is 8.00. The maximum absolute atomic E-state index is 11.5. The number of hydrogen-bond donors (Lipinski definition) is 3. The first-order valence-corrected chi connectivity index (χ1v) is 6.69. The van der Waals surface area contributed by atoms with Crippen molar-refractivity contribution in [3.05, 3.63) is 22.4 Å². The van der Waals surface area contributed by atoms with Crippen LogP contribution in [0.15, 0.2) is 16.8 Å². The fourth-order valence-electron chi connectivity index (χ4n) is 1.20. The minimum absolute atomic E-state index is 0.119. The lowest BCUT2D eigenvalue weighted by molar-refractivity contribution is 0.172. The number of nitrogens with one attached hydrogen (secondary N) is 2. The molecule has 0 radical (unpaired) electrons. The van der Waals surface area contributed by atoms with E-state index >= 15 is 0 Å². The van der Waals surface area contributed by atoms with Crippen LogP contribution < -0.4 is 10.6 Å². The summed E-state index contributed by atoms with van der Waals surface area (Å²) in [5.74, 6) is 0.391. The van der Waals surface area contributed by atoms with E-state index in [0.29, 0.717) is 5.92 Å². The highest BCUT2D eigenvalue weighted by atomic mass is 32.1. The van der Waals surface area contributed by atoms with Crippen molar-refractivity contribution in [2.45, 2.75) is 32.9 Å². The highest BCUT2D eigenvalue weighted by Crippen LogP contribution is 2.14. The number of rotatable bonds is 5. The zero-order valence-electron chi connectivity index (χ0n) is 10.4. The number of carbonyl (C=O) groups is 1. The summed E-state index contributed by atoms with van der Waals surface area (Å²) < 4.78 is 0. The minimum Gasteiger partial charge on any atom is -0.387 e. The van der Waals surface area contributed by atoms with E-state index in [-0.39, 0.29) is 18.6 Å². The van der Waals surface area contributed by atoms with Gasteiger partial charge in [-0.25, -0.2) is 4.79 Å². The van der Waals surface area contributed by atoms with Crippen molar-refractivity contribution in [2.75, 3.05) is 6.54 Å². The van der Waals surface area contributed by atoms with Gasteiger partial charge in [0.05, 0.1) is 6.10 Å². The first-order valence-electron chi connectivity index (χ1n) is 5.75. The summed E-state index contributed by atoms with van der Waals surface area (Å²) in [6.45, 7) is 6.28. The van der Waals surface area contributed by atoms with E-state index in [2.05, 4.69) is 10.6 Å². The number of hydrogen-bond acceptors (Lipinski definition) is 3. The average Bonchev–Trinajstić information content (AvgIpc) is 2.79. The van der Waals surface area contributed by atoms with Gasteiger partial charge in [0, 0.05) is 12.6 Å². The van der Waals surface area contributed by atoms with Crippen LogP contribution in [0.1, 0.15) is 32.4 Å². The Morgan fingerprint density at radius 2 is 2.18 bits per heavy atom. The van der Waals surface area contributed by atoms with Crippen LogP contribution >= 0.6 is 11.3 Å². The van der Waals surface area contributed by atoms with Crippen LogP contribution in [0.25, 0.3) is 0 Å². The second kappa shape index (κ2) is 6.61. The molecule has 1 aromatic rings. The van der Waals surface area contributed by atoms with Crippen LogP contribution in [0.5, 0.6) is 0 Å². The molecule has 2 unspecified atom stereocenters. The molecule has 2 atom stereocenters. The Labute approximate surface area is 106 Å². The maximum Gasteiger partial charge on any atom is 0.315 e. The monoisotopic (exact) mass is 256 g/mol. The second-order valence-corrected chi connectivity index (χ2v) is 5.24. The van der Waals surface area contributed by atoms with Crippen molar-refractivity contribution in [3.63, 3.8) is 0 Å². The third-order valence-electron chi connectivity index (χ3n) is 2.74. The third-order valence-corrected chi connectivity index (χ3v) is 3.44. The quantitative estimate of drug-likeness (QED) is 0.755. The standard InChI is InChI=1S/C12H20N2O2S/c1-8(2)9(3)14-12(16)13-6-11(15)10-4-5-17-7-10/h4-5,7-9,11,15H,6H2,1-3H3,(H2,13,14,16). The van der Waals surface area contributed by atoms with Gasteiger partial charge >= 0.3 is 6.03 Å². The number of aliphatic hydroxyl groups is 1. The smallest absolute Gasteiger partial charge is 0.315 e. The van der Waals surface area contributed by atoms with Crippen LogP contribution in [0.2, 0.25) is 0 Å². The van der Waals surface area contributed by atoms with Crippen molar-refractivity contribution < 1.29 is 9.90 Å². The molecule has 2 amide bonds. The number of aliphatic hydroxyl groups excluding tert-OH is 1. The Bertz CT molecular complexity index is 338. The van der Waals surface area contributed by atoms with E-state index in [1.165, 1.54) is 11.3 Å². The van der Waals surface area contributed by atoms with Gasteiger partial charge in [-0.2, -0.15) is 11.3 Å². The van der Waals surface area contributed by atoms with Gasteiger partial charge < -0.3 is 15.7 Å². The fraction of sp³-hybridized carbons (Fsp3) is 0.583. The molecule has 96 valence electrons. The number of urea groups is 1. The van der Waals surface area contributed by atoms with E-state index in [0.717, 1.165) is 5.56 Å². The Hall–Kier alpha value is -1.07. The second-order valence-electron chi connectivity index (χ2n) is 4.46. The van der Waals surface area contributed by atoms with E-state index in [1.54, 1.807) is 0 Å². The molecule has 5 heteroatoms. The Balaban J connectivity index is 2.29. The van der Waals surface area contributed by atoms with E-state index in [4.69, 9.17) is 0 Å². The molecule has 0 aliphatic carbocycles. The molecule has 1 rings (SSSR count). The van der Waals surface area contributed by atoms with Crippen LogP contribution in [0.4, 0.5) is 4.79 Å². The molecule has 0 saturated carbocycles. The summed E-state index contributed by atoms with van der Waals surface area (Å²) in [5, 5.41) is 19.0. The van der Waals surface area contributed by atoms with Crippen molar-refractivity contribution in [3.8, 4) is 0 Å². The predicted molar refractivity (Wildman–Crippen MR) is 70.1 cm³/mol. The van der Waals surface area contributed by atoms with Crippen LogP contribution in [-0.4, -0.2) is 23.7 Å². The molecule has 0 fully saturated rings. The third kappa shape index (κ3) is 4.75. The zero-order valence-corrected chi connectivity index (χ0v) is 11.3. The van der Waals surface area contributed by atoms with Crippen molar-refractivity contribution in [1.82, 2.24) is 10.6 Å². The molecule has 17 heavy (non-hydrogen) atoms. The molecule has 3 N–H and O–H groups in total. The lowest BCUT2D eigenvalue weighted by Crippen LogP contribution is -2.44. The van der Waals surface area contributed by atoms with Gasteiger partial charge in [-0.15, -0.1) is 0 Å². The van der Waals surface area contributed by atoms with Crippen LogP contribution in [-0.2, 0) is 0 Å². The SMILES string of the molecule is CC(C)C(C)NC(=O)NCC(O)c1ccsc1. The van der Waals surface area contributed by atoms with E-state index in [9.17, 15) is 9.90 Å². The van der Waals surface area contributed by atoms with E-state index in [1.807, 2.05) is 37.6 Å². The molecule has 0 aliphatic rings. The van der Waals surface area contributed by atoms with Crippen molar-refractivity contribution in [2.24, 2.45) is 5.92 Å². The molecular formula is C12H20N2O2S. The lowest BCUT2D eigenvalue weighted by atomic mass is 10.1. The fourth-order valence-corrected chi connectivity index (χ4v) is 1.90. The van der Waals surface area contributed by atoms with Gasteiger partial charge in [0.2, 0.25) is 0 Å². The molecule has 0 aromatic carbocycles. The molecular weight excluding hydrogens is 236 g/mol. The zero-order chi connectivity index (χ0) is 12.8. The summed E-state index contributed by atoms with van der Waals surface area (Å²) in [6.07, 6.45) is -0.638. The molecule has 0 aliphatic heterocycles. The summed E-state index contributed by atoms with van der Waals surface area (Å²) >= 11 is 1.53. The highest BCUT2D eigenvalue weighted by molar-refractivity contribution is 7.07. The average molecular weight is 256 g/mol. The van der Waals surface area contributed by atoms with Gasteiger partial charge in [0.15, 0.2) is 0 Å². The largest absolute Gasteiger partial charge is 0.387 e. The summed E-state index contributed by atoms with van der Waals surface area (Å²) in [4.78, 5) is 11.5. The van der Waals surface area contributed by atoms with Crippen LogP contribution in [0, 0.1) is 5.92 Å². The molecule has 0 saturated heterocycles.